The van der Waals surface area contributed by atoms with E-state index in [-0.39, 0.29) is 17.8 Å². The van der Waals surface area contributed by atoms with E-state index in [0.29, 0.717) is 12.8 Å². The molecule has 11 heavy (non-hydrogen) atoms. The zero-order valence-electron chi connectivity index (χ0n) is 6.29. The Kier molecular flexibility index (Phi) is 2.49. The maximum absolute atomic E-state index is 12.0. The number of rotatable bonds is 3. The highest BCUT2D eigenvalue weighted by Crippen LogP contribution is 2.30. The molecule has 1 rings (SSSR count). The molecule has 0 heterocycles. The zero-order chi connectivity index (χ0) is 8.48. The fourth-order valence-electron chi connectivity index (χ4n) is 1.28. The lowest BCUT2D eigenvalue weighted by Gasteiger charge is -2.32. The average molecular weight is 182 g/mol. The van der Waals surface area contributed by atoms with Crippen LogP contribution in [0.5, 0.6) is 0 Å². The Labute approximate surface area is 65.8 Å². The Morgan fingerprint density at radius 3 is 2.45 bits per heavy atom. The molecule has 0 radical (unpaired) electrons. The number of methoxy groups -OCH3 is 1. The van der Waals surface area contributed by atoms with E-state index in [2.05, 4.69) is 0 Å². The summed E-state index contributed by atoms with van der Waals surface area (Å²) < 4.78 is 37.2. The van der Waals surface area contributed by atoms with Crippen LogP contribution in [-0.2, 0) is 15.0 Å². The quantitative estimate of drug-likeness (QED) is 0.604. The maximum Gasteiger partial charge on any atom is 0.302 e. The Bertz CT molecular complexity index is 218. The standard InChI is InChI=1S/C6H11FO3S/c1-10-6-2-5(3-6)4-11(7,8)9/h5-6H,2-4H2,1H3. The molecule has 0 aromatic heterocycles. The van der Waals surface area contributed by atoms with Gasteiger partial charge in [-0.25, -0.2) is 0 Å². The summed E-state index contributed by atoms with van der Waals surface area (Å²) in [5.41, 5.74) is 0. The predicted molar refractivity (Wildman–Crippen MR) is 38.4 cm³/mol. The van der Waals surface area contributed by atoms with Crippen molar-refractivity contribution in [1.29, 1.82) is 0 Å². The summed E-state index contributed by atoms with van der Waals surface area (Å²) in [7, 11) is -2.70. The molecular formula is C6H11FO3S. The molecule has 3 nitrogen and oxygen atoms in total. The number of hydrogen-bond donors (Lipinski definition) is 0. The second-order valence-electron chi connectivity index (χ2n) is 2.90. The molecule has 0 N–H and O–H groups in total. The normalized spacial score (nSPS) is 31.5. The molecule has 0 spiro atoms. The molecule has 0 aromatic rings. The largest absolute Gasteiger partial charge is 0.381 e. The lowest BCUT2D eigenvalue weighted by Crippen LogP contribution is -2.34. The fraction of sp³-hybridized carbons (Fsp3) is 1.00. The fourth-order valence-corrected chi connectivity index (χ4v) is 2.12. The van der Waals surface area contributed by atoms with Crippen LogP contribution in [0, 0.1) is 5.92 Å². The highest BCUT2D eigenvalue weighted by atomic mass is 32.3. The third-order valence-corrected chi connectivity index (χ3v) is 2.83. The first-order valence-corrected chi connectivity index (χ1v) is 5.01. The third kappa shape index (κ3) is 2.75. The van der Waals surface area contributed by atoms with Crippen LogP contribution in [-0.4, -0.2) is 27.4 Å². The Morgan fingerprint density at radius 2 is 2.09 bits per heavy atom. The molecule has 66 valence electrons. The molecule has 1 saturated carbocycles. The van der Waals surface area contributed by atoms with Crippen LogP contribution in [0.25, 0.3) is 0 Å². The lowest BCUT2D eigenvalue weighted by atomic mass is 9.84. The van der Waals surface area contributed by atoms with E-state index < -0.39 is 10.2 Å². The van der Waals surface area contributed by atoms with Gasteiger partial charge in [0.1, 0.15) is 0 Å². The summed E-state index contributed by atoms with van der Waals surface area (Å²) in [6.45, 7) is 0. The predicted octanol–water partition coefficient (Wildman–Crippen LogP) is 0.711. The van der Waals surface area contributed by atoms with Crippen molar-refractivity contribution in [3.63, 3.8) is 0 Å². The van der Waals surface area contributed by atoms with Gasteiger partial charge in [0.05, 0.1) is 11.9 Å². The first-order valence-electron chi connectivity index (χ1n) is 3.46. The van der Waals surface area contributed by atoms with Gasteiger partial charge in [-0.05, 0) is 18.8 Å². The third-order valence-electron chi connectivity index (χ3n) is 1.96. The molecule has 5 heteroatoms. The van der Waals surface area contributed by atoms with Crippen molar-refractivity contribution in [2.24, 2.45) is 5.92 Å². The van der Waals surface area contributed by atoms with Gasteiger partial charge < -0.3 is 4.74 Å². The molecule has 0 unspecified atom stereocenters. The van der Waals surface area contributed by atoms with Gasteiger partial charge in [-0.15, -0.1) is 3.89 Å². The molecule has 1 aliphatic carbocycles. The summed E-state index contributed by atoms with van der Waals surface area (Å²) in [6.07, 6.45) is 1.47. The van der Waals surface area contributed by atoms with Crippen molar-refractivity contribution in [2.75, 3.05) is 12.9 Å². The van der Waals surface area contributed by atoms with Gasteiger partial charge >= 0.3 is 10.2 Å². The highest BCUT2D eigenvalue weighted by Gasteiger charge is 2.32. The molecule has 1 fully saturated rings. The number of halogens is 1. The number of hydrogen-bond acceptors (Lipinski definition) is 3. The van der Waals surface area contributed by atoms with Crippen LogP contribution in [0.1, 0.15) is 12.8 Å². The van der Waals surface area contributed by atoms with Crippen molar-refractivity contribution < 1.29 is 17.0 Å². The lowest BCUT2D eigenvalue weighted by molar-refractivity contribution is 0.00836. The average Bonchev–Trinajstić information content (AvgIpc) is 1.75. The minimum Gasteiger partial charge on any atom is -0.381 e. The van der Waals surface area contributed by atoms with E-state index in [4.69, 9.17) is 4.74 Å². The van der Waals surface area contributed by atoms with E-state index >= 15 is 0 Å². The van der Waals surface area contributed by atoms with Crippen LogP contribution in [0.15, 0.2) is 0 Å². The van der Waals surface area contributed by atoms with Crippen molar-refractivity contribution in [2.45, 2.75) is 18.9 Å². The van der Waals surface area contributed by atoms with Crippen molar-refractivity contribution in [3.8, 4) is 0 Å². The summed E-state index contributed by atoms with van der Waals surface area (Å²) in [6, 6.07) is 0. The summed E-state index contributed by atoms with van der Waals surface area (Å²) in [4.78, 5) is 0. The maximum atomic E-state index is 12.0. The monoisotopic (exact) mass is 182 g/mol. The topological polar surface area (TPSA) is 43.4 Å². The van der Waals surface area contributed by atoms with Gasteiger partial charge in [-0.1, -0.05) is 0 Å². The minimum absolute atomic E-state index is 0.0325. The van der Waals surface area contributed by atoms with Gasteiger partial charge in [-0.2, -0.15) is 8.42 Å². The molecule has 0 atom stereocenters. The van der Waals surface area contributed by atoms with Crippen LogP contribution in [0.4, 0.5) is 3.89 Å². The Balaban J connectivity index is 2.24. The van der Waals surface area contributed by atoms with Gasteiger partial charge in [0, 0.05) is 7.11 Å². The summed E-state index contributed by atoms with van der Waals surface area (Å²) >= 11 is 0. The summed E-state index contributed by atoms with van der Waals surface area (Å²) in [5, 5.41) is 0. The summed E-state index contributed by atoms with van der Waals surface area (Å²) in [5.74, 6) is -0.373. The zero-order valence-corrected chi connectivity index (χ0v) is 7.10. The Hall–Kier alpha value is -0.160. The van der Waals surface area contributed by atoms with E-state index in [1.54, 1.807) is 7.11 Å². The first-order chi connectivity index (χ1) is 5.01. The molecule has 0 bridgehead atoms. The van der Waals surface area contributed by atoms with Crippen molar-refractivity contribution in [1.82, 2.24) is 0 Å². The highest BCUT2D eigenvalue weighted by molar-refractivity contribution is 7.86. The van der Waals surface area contributed by atoms with Gasteiger partial charge in [-0.3, -0.25) is 0 Å². The molecular weight excluding hydrogens is 171 g/mol. The SMILES string of the molecule is COC1CC(CS(=O)(=O)F)C1. The Morgan fingerprint density at radius 1 is 1.55 bits per heavy atom. The van der Waals surface area contributed by atoms with Crippen molar-refractivity contribution >= 4 is 10.2 Å². The van der Waals surface area contributed by atoms with E-state index in [1.165, 1.54) is 0 Å². The number of ether oxygens (including phenoxy) is 1. The van der Waals surface area contributed by atoms with Crippen LogP contribution in [0.3, 0.4) is 0 Å². The van der Waals surface area contributed by atoms with E-state index in [1.807, 2.05) is 0 Å². The smallest absolute Gasteiger partial charge is 0.302 e. The molecule has 0 aromatic carbocycles. The molecule has 0 amide bonds. The van der Waals surface area contributed by atoms with Gasteiger partial charge in [0.25, 0.3) is 0 Å². The first kappa shape index (κ1) is 8.93. The van der Waals surface area contributed by atoms with Gasteiger partial charge in [0.15, 0.2) is 0 Å². The van der Waals surface area contributed by atoms with Crippen LogP contribution in [0.2, 0.25) is 0 Å². The second-order valence-corrected chi connectivity index (χ2v) is 4.31. The molecule has 1 aliphatic rings. The van der Waals surface area contributed by atoms with E-state index in [9.17, 15) is 12.3 Å². The molecule has 0 saturated heterocycles. The minimum atomic E-state index is -4.27. The van der Waals surface area contributed by atoms with E-state index in [0.717, 1.165) is 0 Å². The van der Waals surface area contributed by atoms with Crippen LogP contribution >= 0.6 is 0 Å². The molecule has 0 aliphatic heterocycles. The van der Waals surface area contributed by atoms with Gasteiger partial charge in [0.2, 0.25) is 0 Å². The second kappa shape index (κ2) is 3.06. The van der Waals surface area contributed by atoms with Crippen LogP contribution < -0.4 is 0 Å². The van der Waals surface area contributed by atoms with Crippen molar-refractivity contribution in [3.05, 3.63) is 0 Å².